The number of hydrogen-bond donors (Lipinski definition) is 0. The van der Waals surface area contributed by atoms with E-state index in [1.165, 1.54) is 6.08 Å². The second kappa shape index (κ2) is 7.18. The maximum atomic E-state index is 11.8. The molecule has 3 rings (SSSR count). The van der Waals surface area contributed by atoms with Crippen LogP contribution in [-0.4, -0.2) is 26.2 Å². The van der Waals surface area contributed by atoms with Crippen LogP contribution in [0.1, 0.15) is 22.5 Å². The summed E-state index contributed by atoms with van der Waals surface area (Å²) in [4.78, 5) is 11.8. The van der Waals surface area contributed by atoms with Crippen molar-refractivity contribution in [1.29, 1.82) is 0 Å². The van der Waals surface area contributed by atoms with E-state index in [0.29, 0.717) is 5.82 Å². The summed E-state index contributed by atoms with van der Waals surface area (Å²) in [5.74, 6) is 0.0435. The fourth-order valence-electron chi connectivity index (χ4n) is 2.33. The molecule has 0 unspecified atom stereocenters. The number of ether oxygens (including phenoxy) is 1. The maximum Gasteiger partial charge on any atom is 0.331 e. The van der Waals surface area contributed by atoms with Gasteiger partial charge in [-0.15, -0.1) is 5.10 Å². The molecule has 7 heteroatoms. The van der Waals surface area contributed by atoms with Gasteiger partial charge < -0.3 is 4.74 Å². The topological polar surface area (TPSA) is 69.9 Å². The second-order valence-corrected chi connectivity index (χ2v) is 6.03. The number of aromatic nitrogens is 4. The van der Waals surface area contributed by atoms with Crippen molar-refractivity contribution in [2.45, 2.75) is 20.5 Å². The number of nitrogens with zero attached hydrogens (tertiary/aromatic N) is 4. The van der Waals surface area contributed by atoms with Gasteiger partial charge in [-0.05, 0) is 63.9 Å². The zero-order valence-electron chi connectivity index (χ0n) is 13.3. The van der Waals surface area contributed by atoms with Gasteiger partial charge in [0.2, 0.25) is 0 Å². The molecular formula is C17H16N4O2S. The van der Waals surface area contributed by atoms with Gasteiger partial charge in [-0.25, -0.2) is 4.79 Å². The van der Waals surface area contributed by atoms with Crippen molar-refractivity contribution >= 4 is 23.4 Å². The predicted molar refractivity (Wildman–Crippen MR) is 91.8 cm³/mol. The standard InChI is InChI=1S/C17H16N4O2S/c1-12-4-3-5-13(2)17(12)21-15(18-19-20-21)10-23-16(22)7-6-14-8-9-24-11-14/h3-9,11H,10H2,1-2H3. The van der Waals surface area contributed by atoms with Crippen LogP contribution in [0.2, 0.25) is 0 Å². The molecular weight excluding hydrogens is 324 g/mol. The molecule has 0 saturated carbocycles. The molecule has 0 N–H and O–H groups in total. The molecule has 0 bridgehead atoms. The molecule has 0 radical (unpaired) electrons. The first kappa shape index (κ1) is 16.1. The normalized spacial score (nSPS) is 11.1. The number of carbonyl (C=O) groups excluding carboxylic acids is 1. The van der Waals surface area contributed by atoms with E-state index >= 15 is 0 Å². The third-order valence-corrected chi connectivity index (χ3v) is 4.19. The predicted octanol–water partition coefficient (Wildman–Crippen LogP) is 3.10. The highest BCUT2D eigenvalue weighted by Gasteiger charge is 2.13. The van der Waals surface area contributed by atoms with Crippen LogP contribution in [0.25, 0.3) is 11.8 Å². The first-order valence-electron chi connectivity index (χ1n) is 7.36. The first-order valence-corrected chi connectivity index (χ1v) is 8.30. The van der Waals surface area contributed by atoms with Crippen molar-refractivity contribution in [1.82, 2.24) is 20.2 Å². The van der Waals surface area contributed by atoms with Gasteiger partial charge in [-0.1, -0.05) is 18.2 Å². The van der Waals surface area contributed by atoms with Crippen LogP contribution in [0, 0.1) is 13.8 Å². The van der Waals surface area contributed by atoms with Gasteiger partial charge in [0.1, 0.15) is 0 Å². The fourth-order valence-corrected chi connectivity index (χ4v) is 2.96. The van der Waals surface area contributed by atoms with Crippen molar-refractivity contribution in [3.05, 3.63) is 63.6 Å². The Hall–Kier alpha value is -2.80. The van der Waals surface area contributed by atoms with Crippen LogP contribution in [0.4, 0.5) is 0 Å². The van der Waals surface area contributed by atoms with Gasteiger partial charge >= 0.3 is 5.97 Å². The summed E-state index contributed by atoms with van der Waals surface area (Å²) in [7, 11) is 0. The lowest BCUT2D eigenvalue weighted by Gasteiger charge is -2.10. The third-order valence-electron chi connectivity index (χ3n) is 3.48. The minimum atomic E-state index is -0.433. The number of thiophene rings is 1. The number of benzene rings is 1. The van der Waals surface area contributed by atoms with E-state index in [4.69, 9.17) is 4.74 Å². The van der Waals surface area contributed by atoms with E-state index in [0.717, 1.165) is 22.4 Å². The van der Waals surface area contributed by atoms with Crippen LogP contribution in [0.3, 0.4) is 0 Å². The van der Waals surface area contributed by atoms with E-state index in [9.17, 15) is 4.79 Å². The molecule has 0 saturated heterocycles. The zero-order valence-corrected chi connectivity index (χ0v) is 14.2. The first-order chi connectivity index (χ1) is 11.6. The minimum Gasteiger partial charge on any atom is -0.454 e. The molecule has 2 aromatic heterocycles. The van der Waals surface area contributed by atoms with Gasteiger partial charge in [-0.2, -0.15) is 16.0 Å². The van der Waals surface area contributed by atoms with E-state index in [2.05, 4.69) is 15.5 Å². The van der Waals surface area contributed by atoms with Crippen LogP contribution in [0.5, 0.6) is 0 Å². The monoisotopic (exact) mass is 340 g/mol. The summed E-state index contributed by atoms with van der Waals surface area (Å²) in [5.41, 5.74) is 3.97. The largest absolute Gasteiger partial charge is 0.454 e. The summed E-state index contributed by atoms with van der Waals surface area (Å²) < 4.78 is 6.85. The van der Waals surface area contributed by atoms with Crippen LogP contribution in [0.15, 0.2) is 41.1 Å². The SMILES string of the molecule is Cc1cccc(C)c1-n1nnnc1COC(=O)C=Cc1ccsc1. The molecule has 3 aromatic rings. The van der Waals surface area contributed by atoms with E-state index in [-0.39, 0.29) is 6.61 Å². The molecule has 0 amide bonds. The lowest BCUT2D eigenvalue weighted by atomic mass is 10.1. The van der Waals surface area contributed by atoms with Gasteiger partial charge in [0.05, 0.1) is 5.69 Å². The number of rotatable bonds is 5. The number of tetrazole rings is 1. The van der Waals surface area contributed by atoms with Gasteiger partial charge in [-0.3, -0.25) is 0 Å². The lowest BCUT2D eigenvalue weighted by molar-refractivity contribution is -0.139. The number of hydrogen-bond acceptors (Lipinski definition) is 6. The van der Waals surface area contributed by atoms with Crippen molar-refractivity contribution in [2.75, 3.05) is 0 Å². The summed E-state index contributed by atoms with van der Waals surface area (Å²) in [6, 6.07) is 7.89. The summed E-state index contributed by atoms with van der Waals surface area (Å²) in [5, 5.41) is 15.6. The molecule has 122 valence electrons. The van der Waals surface area contributed by atoms with Crippen molar-refractivity contribution in [3.8, 4) is 5.69 Å². The Morgan fingerprint density at radius 1 is 1.29 bits per heavy atom. The molecule has 1 aromatic carbocycles. The molecule has 0 atom stereocenters. The highest BCUT2D eigenvalue weighted by atomic mass is 32.1. The second-order valence-electron chi connectivity index (χ2n) is 5.25. The Morgan fingerprint density at radius 3 is 2.79 bits per heavy atom. The van der Waals surface area contributed by atoms with E-state index in [1.807, 2.05) is 48.9 Å². The summed E-state index contributed by atoms with van der Waals surface area (Å²) in [6.45, 7) is 3.99. The smallest absolute Gasteiger partial charge is 0.331 e. The Balaban J connectivity index is 1.71. The molecule has 0 aliphatic carbocycles. The van der Waals surface area contributed by atoms with Crippen LogP contribution in [-0.2, 0) is 16.1 Å². The average molecular weight is 340 g/mol. The summed E-state index contributed by atoms with van der Waals surface area (Å²) in [6.07, 6.45) is 3.11. The maximum absolute atomic E-state index is 11.8. The molecule has 24 heavy (non-hydrogen) atoms. The van der Waals surface area contributed by atoms with Gasteiger partial charge in [0.25, 0.3) is 0 Å². The Labute approximate surface area is 143 Å². The third kappa shape index (κ3) is 3.57. The molecule has 2 heterocycles. The molecule has 0 aliphatic rings. The van der Waals surface area contributed by atoms with E-state index < -0.39 is 5.97 Å². The van der Waals surface area contributed by atoms with Crippen LogP contribution < -0.4 is 0 Å². The fraction of sp³-hybridized carbons (Fsp3) is 0.176. The lowest BCUT2D eigenvalue weighted by Crippen LogP contribution is -2.10. The molecule has 0 spiro atoms. The van der Waals surface area contributed by atoms with Crippen molar-refractivity contribution in [3.63, 3.8) is 0 Å². The van der Waals surface area contributed by atoms with Crippen molar-refractivity contribution < 1.29 is 9.53 Å². The Morgan fingerprint density at radius 2 is 2.08 bits per heavy atom. The van der Waals surface area contributed by atoms with Crippen molar-refractivity contribution in [2.24, 2.45) is 0 Å². The highest BCUT2D eigenvalue weighted by Crippen LogP contribution is 2.18. The minimum absolute atomic E-state index is 0.00752. The van der Waals surface area contributed by atoms with Gasteiger partial charge in [0, 0.05) is 6.08 Å². The highest BCUT2D eigenvalue weighted by molar-refractivity contribution is 7.08. The molecule has 0 fully saturated rings. The van der Waals surface area contributed by atoms with Gasteiger partial charge in [0.15, 0.2) is 12.4 Å². The summed E-state index contributed by atoms with van der Waals surface area (Å²) >= 11 is 1.57. The zero-order chi connectivity index (χ0) is 16.9. The number of aryl methyl sites for hydroxylation is 2. The number of carbonyl (C=O) groups is 1. The van der Waals surface area contributed by atoms with E-state index in [1.54, 1.807) is 22.1 Å². The molecule has 6 nitrogen and oxygen atoms in total. The Bertz CT molecular complexity index is 848. The Kier molecular flexibility index (Phi) is 4.81. The average Bonchev–Trinajstić information content (AvgIpc) is 3.23. The number of esters is 1. The van der Waals surface area contributed by atoms with Crippen LogP contribution >= 0.6 is 11.3 Å². The number of para-hydroxylation sites is 1. The molecule has 0 aliphatic heterocycles. The quantitative estimate of drug-likeness (QED) is 0.527.